The van der Waals surface area contributed by atoms with Gasteiger partial charge in [-0.2, -0.15) is 0 Å². The van der Waals surface area contributed by atoms with Crippen LogP contribution in [0.15, 0.2) is 30.3 Å². The summed E-state index contributed by atoms with van der Waals surface area (Å²) in [4.78, 5) is 23.9. The SMILES string of the molecule is NC(=O)C(C(=O)C1CCCCN1)c1ccccc1. The Morgan fingerprint density at radius 3 is 2.50 bits per heavy atom. The third-order valence-corrected chi connectivity index (χ3v) is 3.36. The van der Waals surface area contributed by atoms with E-state index in [1.54, 1.807) is 12.1 Å². The third-order valence-electron chi connectivity index (χ3n) is 3.36. The Labute approximate surface area is 107 Å². The first kappa shape index (κ1) is 12.8. The first-order valence-corrected chi connectivity index (χ1v) is 6.31. The van der Waals surface area contributed by atoms with Crippen LogP contribution in [0, 0.1) is 0 Å². The van der Waals surface area contributed by atoms with Crippen molar-refractivity contribution < 1.29 is 9.59 Å². The van der Waals surface area contributed by atoms with Gasteiger partial charge in [0.1, 0.15) is 5.92 Å². The molecule has 0 bridgehead atoms. The average molecular weight is 246 g/mol. The number of piperidine rings is 1. The molecule has 3 N–H and O–H groups in total. The smallest absolute Gasteiger partial charge is 0.232 e. The van der Waals surface area contributed by atoms with Crippen LogP contribution in [0.1, 0.15) is 30.7 Å². The number of hydrogen-bond acceptors (Lipinski definition) is 3. The van der Waals surface area contributed by atoms with Crippen LogP contribution in [0.25, 0.3) is 0 Å². The van der Waals surface area contributed by atoms with Crippen LogP contribution in [0.2, 0.25) is 0 Å². The Morgan fingerprint density at radius 2 is 1.94 bits per heavy atom. The van der Waals surface area contributed by atoms with Gasteiger partial charge in [-0.25, -0.2) is 0 Å². The van der Waals surface area contributed by atoms with Gasteiger partial charge in [-0.15, -0.1) is 0 Å². The molecule has 0 spiro atoms. The van der Waals surface area contributed by atoms with Gasteiger partial charge >= 0.3 is 0 Å². The summed E-state index contributed by atoms with van der Waals surface area (Å²) in [7, 11) is 0. The van der Waals surface area contributed by atoms with Crippen molar-refractivity contribution in [3.63, 3.8) is 0 Å². The van der Waals surface area contributed by atoms with Crippen molar-refractivity contribution in [3.8, 4) is 0 Å². The Hall–Kier alpha value is -1.68. The standard InChI is InChI=1S/C14H18N2O2/c15-14(18)12(10-6-2-1-3-7-10)13(17)11-8-4-5-9-16-11/h1-3,6-7,11-12,16H,4-5,8-9H2,(H2,15,18). The topological polar surface area (TPSA) is 72.2 Å². The maximum Gasteiger partial charge on any atom is 0.232 e. The van der Waals surface area contributed by atoms with E-state index in [1.165, 1.54) is 0 Å². The molecule has 0 aliphatic carbocycles. The van der Waals surface area contributed by atoms with E-state index in [-0.39, 0.29) is 11.8 Å². The second-order valence-corrected chi connectivity index (χ2v) is 4.65. The summed E-state index contributed by atoms with van der Waals surface area (Å²) in [5.41, 5.74) is 6.07. The third kappa shape index (κ3) is 2.76. The number of ketones is 1. The lowest BCUT2D eigenvalue weighted by molar-refractivity contribution is -0.130. The number of nitrogens with one attached hydrogen (secondary N) is 1. The molecule has 18 heavy (non-hydrogen) atoms. The zero-order valence-corrected chi connectivity index (χ0v) is 10.3. The van der Waals surface area contributed by atoms with Crippen molar-refractivity contribution in [1.82, 2.24) is 5.32 Å². The Balaban J connectivity index is 2.20. The van der Waals surface area contributed by atoms with Gasteiger partial charge < -0.3 is 11.1 Å². The molecular formula is C14H18N2O2. The molecule has 96 valence electrons. The van der Waals surface area contributed by atoms with Gasteiger partial charge in [-0.3, -0.25) is 9.59 Å². The predicted octanol–water partition coefficient (Wildman–Crippen LogP) is 0.967. The lowest BCUT2D eigenvalue weighted by Gasteiger charge is -2.25. The molecule has 1 aromatic rings. The van der Waals surface area contributed by atoms with Crippen molar-refractivity contribution in [1.29, 1.82) is 0 Å². The van der Waals surface area contributed by atoms with E-state index in [0.717, 1.165) is 25.8 Å². The number of Topliss-reactive ketones (excluding diaryl/α,β-unsaturated/α-hetero) is 1. The highest BCUT2D eigenvalue weighted by molar-refractivity contribution is 6.08. The number of rotatable bonds is 4. The lowest BCUT2D eigenvalue weighted by atomic mass is 9.87. The fraction of sp³-hybridized carbons (Fsp3) is 0.429. The summed E-state index contributed by atoms with van der Waals surface area (Å²) in [5.74, 6) is -1.51. The molecule has 0 saturated carbocycles. The molecule has 4 heteroatoms. The second-order valence-electron chi connectivity index (χ2n) is 4.65. The van der Waals surface area contributed by atoms with Crippen molar-refractivity contribution in [2.45, 2.75) is 31.2 Å². The Bertz CT molecular complexity index is 425. The molecule has 2 rings (SSSR count). The van der Waals surface area contributed by atoms with Crippen LogP contribution >= 0.6 is 0 Å². The summed E-state index contributed by atoms with van der Waals surface area (Å²) >= 11 is 0. The zero-order chi connectivity index (χ0) is 13.0. The molecular weight excluding hydrogens is 228 g/mol. The van der Waals surface area contributed by atoms with Gasteiger partial charge in [-0.05, 0) is 24.9 Å². The minimum atomic E-state index is -0.832. The molecule has 2 unspecified atom stereocenters. The van der Waals surface area contributed by atoms with Crippen LogP contribution in [0.4, 0.5) is 0 Å². The molecule has 1 aromatic carbocycles. The van der Waals surface area contributed by atoms with Crippen molar-refractivity contribution in [2.24, 2.45) is 5.73 Å². The van der Waals surface area contributed by atoms with E-state index < -0.39 is 11.8 Å². The van der Waals surface area contributed by atoms with Crippen LogP contribution in [0.5, 0.6) is 0 Å². The van der Waals surface area contributed by atoms with E-state index in [4.69, 9.17) is 5.73 Å². The summed E-state index contributed by atoms with van der Waals surface area (Å²) < 4.78 is 0. The predicted molar refractivity (Wildman–Crippen MR) is 69.0 cm³/mol. The van der Waals surface area contributed by atoms with Crippen LogP contribution < -0.4 is 11.1 Å². The largest absolute Gasteiger partial charge is 0.369 e. The van der Waals surface area contributed by atoms with Crippen LogP contribution in [-0.2, 0) is 9.59 Å². The maximum atomic E-state index is 12.4. The van der Waals surface area contributed by atoms with Gasteiger partial charge in [0.15, 0.2) is 5.78 Å². The fourth-order valence-corrected chi connectivity index (χ4v) is 2.41. The summed E-state index contributed by atoms with van der Waals surface area (Å²) in [6, 6.07) is 8.79. The average Bonchev–Trinajstić information content (AvgIpc) is 2.40. The molecule has 2 atom stereocenters. The number of primary amides is 1. The van der Waals surface area contributed by atoms with Gasteiger partial charge in [0, 0.05) is 0 Å². The lowest BCUT2D eigenvalue weighted by Crippen LogP contribution is -2.45. The number of carbonyl (C=O) groups is 2. The number of hydrogen-bond donors (Lipinski definition) is 2. The molecule has 1 fully saturated rings. The van der Waals surface area contributed by atoms with Gasteiger partial charge in [0.2, 0.25) is 5.91 Å². The van der Waals surface area contributed by atoms with Crippen LogP contribution in [0.3, 0.4) is 0 Å². The second kappa shape index (κ2) is 5.78. The van der Waals surface area contributed by atoms with Crippen molar-refractivity contribution >= 4 is 11.7 Å². The molecule has 1 heterocycles. The quantitative estimate of drug-likeness (QED) is 0.777. The molecule has 0 radical (unpaired) electrons. The highest BCUT2D eigenvalue weighted by atomic mass is 16.2. The minimum Gasteiger partial charge on any atom is -0.369 e. The van der Waals surface area contributed by atoms with Crippen molar-refractivity contribution in [2.75, 3.05) is 6.54 Å². The first-order valence-electron chi connectivity index (χ1n) is 6.31. The zero-order valence-electron chi connectivity index (χ0n) is 10.3. The summed E-state index contributed by atoms with van der Waals surface area (Å²) in [6.07, 6.45) is 2.88. The molecule has 1 aliphatic rings. The highest BCUT2D eigenvalue weighted by Gasteiger charge is 2.32. The Kier molecular flexibility index (Phi) is 4.10. The van der Waals surface area contributed by atoms with E-state index in [0.29, 0.717) is 5.56 Å². The van der Waals surface area contributed by atoms with Gasteiger partial charge in [-0.1, -0.05) is 36.8 Å². The summed E-state index contributed by atoms with van der Waals surface area (Å²) in [5, 5.41) is 3.17. The molecule has 1 aliphatic heterocycles. The first-order chi connectivity index (χ1) is 8.70. The Morgan fingerprint density at radius 1 is 1.22 bits per heavy atom. The summed E-state index contributed by atoms with van der Waals surface area (Å²) in [6.45, 7) is 0.830. The highest BCUT2D eigenvalue weighted by Crippen LogP contribution is 2.21. The number of amides is 1. The van der Waals surface area contributed by atoms with E-state index >= 15 is 0 Å². The van der Waals surface area contributed by atoms with E-state index in [1.807, 2.05) is 18.2 Å². The molecule has 1 saturated heterocycles. The normalized spacial score (nSPS) is 21.2. The van der Waals surface area contributed by atoms with Gasteiger partial charge in [0.05, 0.1) is 6.04 Å². The minimum absolute atomic E-state index is 0.103. The van der Waals surface area contributed by atoms with Crippen molar-refractivity contribution in [3.05, 3.63) is 35.9 Å². The molecule has 1 amide bonds. The van der Waals surface area contributed by atoms with E-state index in [2.05, 4.69) is 5.32 Å². The molecule has 0 aromatic heterocycles. The van der Waals surface area contributed by atoms with E-state index in [9.17, 15) is 9.59 Å². The number of benzene rings is 1. The maximum absolute atomic E-state index is 12.4. The van der Waals surface area contributed by atoms with Crippen LogP contribution in [-0.4, -0.2) is 24.3 Å². The fourth-order valence-electron chi connectivity index (χ4n) is 2.41. The number of carbonyl (C=O) groups excluding carboxylic acids is 2. The monoisotopic (exact) mass is 246 g/mol. The van der Waals surface area contributed by atoms with Gasteiger partial charge in [0.25, 0.3) is 0 Å². The molecule has 4 nitrogen and oxygen atoms in total. The number of nitrogens with two attached hydrogens (primary N) is 1.